The average molecular weight is 205 g/mol. The molecule has 0 fully saturated rings. The van der Waals surface area contributed by atoms with Gasteiger partial charge in [0, 0.05) is 0 Å². The van der Waals surface area contributed by atoms with Crippen LogP contribution in [0.4, 0.5) is 13.2 Å². The topological polar surface area (TPSA) is 46.2 Å². The molecular formula is C9H10F3NO. The number of nitrogens with two attached hydrogens (primary N) is 1. The Kier molecular flexibility index (Phi) is 3.13. The van der Waals surface area contributed by atoms with Crippen LogP contribution in [-0.2, 0) is 6.18 Å². The molecule has 0 unspecified atom stereocenters. The highest BCUT2D eigenvalue weighted by Crippen LogP contribution is 2.33. The van der Waals surface area contributed by atoms with Crippen LogP contribution in [0.3, 0.4) is 0 Å². The van der Waals surface area contributed by atoms with Gasteiger partial charge >= 0.3 is 6.18 Å². The van der Waals surface area contributed by atoms with Gasteiger partial charge in [0.05, 0.1) is 18.2 Å². The van der Waals surface area contributed by atoms with Crippen LogP contribution in [0, 0.1) is 0 Å². The van der Waals surface area contributed by atoms with Crippen molar-refractivity contribution in [2.75, 3.05) is 6.61 Å². The largest absolute Gasteiger partial charge is 0.416 e. The number of aliphatic hydroxyl groups excluding tert-OH is 1. The summed E-state index contributed by atoms with van der Waals surface area (Å²) in [6.07, 6.45) is -4.43. The van der Waals surface area contributed by atoms with E-state index >= 15 is 0 Å². The molecule has 0 aromatic heterocycles. The Morgan fingerprint density at radius 1 is 1.29 bits per heavy atom. The van der Waals surface area contributed by atoms with Gasteiger partial charge in [-0.05, 0) is 11.6 Å². The maximum Gasteiger partial charge on any atom is 0.416 e. The van der Waals surface area contributed by atoms with Gasteiger partial charge in [-0.25, -0.2) is 0 Å². The van der Waals surface area contributed by atoms with Gasteiger partial charge in [0.1, 0.15) is 0 Å². The molecule has 5 heteroatoms. The molecule has 0 saturated heterocycles. The Hall–Kier alpha value is -1.07. The van der Waals surface area contributed by atoms with Crippen molar-refractivity contribution in [3.8, 4) is 0 Å². The molecule has 0 aliphatic rings. The van der Waals surface area contributed by atoms with Gasteiger partial charge in [-0.1, -0.05) is 18.2 Å². The Morgan fingerprint density at radius 3 is 2.36 bits per heavy atom. The van der Waals surface area contributed by atoms with E-state index in [4.69, 9.17) is 10.8 Å². The monoisotopic (exact) mass is 205 g/mol. The molecule has 78 valence electrons. The van der Waals surface area contributed by atoms with Crippen molar-refractivity contribution in [1.82, 2.24) is 0 Å². The van der Waals surface area contributed by atoms with Crippen LogP contribution >= 0.6 is 0 Å². The van der Waals surface area contributed by atoms with Crippen molar-refractivity contribution < 1.29 is 18.3 Å². The van der Waals surface area contributed by atoms with Crippen molar-refractivity contribution in [1.29, 1.82) is 0 Å². The molecule has 1 aromatic rings. The number of aliphatic hydroxyl groups is 1. The summed E-state index contributed by atoms with van der Waals surface area (Å²) in [6.45, 7) is -0.507. The van der Waals surface area contributed by atoms with E-state index in [9.17, 15) is 13.2 Å². The highest BCUT2D eigenvalue weighted by Gasteiger charge is 2.33. The molecule has 0 aliphatic heterocycles. The molecular weight excluding hydrogens is 195 g/mol. The fourth-order valence-electron chi connectivity index (χ4n) is 1.18. The summed E-state index contributed by atoms with van der Waals surface area (Å²) in [7, 11) is 0. The summed E-state index contributed by atoms with van der Waals surface area (Å²) < 4.78 is 37.2. The summed E-state index contributed by atoms with van der Waals surface area (Å²) in [5, 5.41) is 8.69. The van der Waals surface area contributed by atoms with E-state index in [1.165, 1.54) is 18.2 Å². The normalized spacial score (nSPS) is 14.1. The van der Waals surface area contributed by atoms with Gasteiger partial charge in [0.25, 0.3) is 0 Å². The van der Waals surface area contributed by atoms with Crippen molar-refractivity contribution in [3.05, 3.63) is 35.4 Å². The number of halogens is 3. The number of rotatable bonds is 2. The van der Waals surface area contributed by atoms with Crippen LogP contribution in [0.25, 0.3) is 0 Å². The summed E-state index contributed by atoms with van der Waals surface area (Å²) in [6, 6.07) is 3.97. The highest BCUT2D eigenvalue weighted by atomic mass is 19.4. The van der Waals surface area contributed by atoms with E-state index in [-0.39, 0.29) is 5.56 Å². The molecule has 1 aromatic carbocycles. The molecule has 0 bridgehead atoms. The molecule has 3 N–H and O–H groups in total. The van der Waals surface area contributed by atoms with Crippen molar-refractivity contribution in [2.24, 2.45) is 5.73 Å². The first-order valence-electron chi connectivity index (χ1n) is 3.99. The predicted molar refractivity (Wildman–Crippen MR) is 45.5 cm³/mol. The van der Waals surface area contributed by atoms with Gasteiger partial charge < -0.3 is 10.8 Å². The number of alkyl halides is 3. The van der Waals surface area contributed by atoms with E-state index in [1.807, 2.05) is 0 Å². The zero-order chi connectivity index (χ0) is 10.8. The third kappa shape index (κ3) is 2.24. The lowest BCUT2D eigenvalue weighted by Gasteiger charge is -2.16. The summed E-state index contributed by atoms with van der Waals surface area (Å²) in [5.41, 5.74) is 4.47. The van der Waals surface area contributed by atoms with Gasteiger partial charge in [-0.15, -0.1) is 0 Å². The average Bonchev–Trinajstić information content (AvgIpc) is 2.15. The predicted octanol–water partition coefficient (Wildman–Crippen LogP) is 1.70. The molecule has 0 heterocycles. The zero-order valence-electron chi connectivity index (χ0n) is 7.25. The first-order chi connectivity index (χ1) is 6.46. The molecule has 0 spiro atoms. The zero-order valence-corrected chi connectivity index (χ0v) is 7.25. The third-order valence-corrected chi connectivity index (χ3v) is 1.86. The second-order valence-electron chi connectivity index (χ2n) is 2.87. The second-order valence-corrected chi connectivity index (χ2v) is 2.87. The number of benzene rings is 1. The lowest BCUT2D eigenvalue weighted by molar-refractivity contribution is -0.138. The van der Waals surface area contributed by atoms with Crippen LogP contribution in [0.5, 0.6) is 0 Å². The van der Waals surface area contributed by atoms with Crippen LogP contribution in [0.15, 0.2) is 24.3 Å². The molecule has 0 amide bonds. The van der Waals surface area contributed by atoms with Gasteiger partial charge in [0.15, 0.2) is 0 Å². The van der Waals surface area contributed by atoms with E-state index in [1.54, 1.807) is 0 Å². The molecule has 14 heavy (non-hydrogen) atoms. The van der Waals surface area contributed by atoms with E-state index in [0.29, 0.717) is 0 Å². The number of hydrogen-bond acceptors (Lipinski definition) is 2. The summed E-state index contributed by atoms with van der Waals surface area (Å²) in [5.74, 6) is 0. The molecule has 0 radical (unpaired) electrons. The maximum atomic E-state index is 12.4. The molecule has 2 nitrogen and oxygen atoms in total. The minimum absolute atomic E-state index is 0.0810. The smallest absolute Gasteiger partial charge is 0.394 e. The summed E-state index contributed by atoms with van der Waals surface area (Å²) in [4.78, 5) is 0. The quantitative estimate of drug-likeness (QED) is 0.771. The highest BCUT2D eigenvalue weighted by molar-refractivity contribution is 5.32. The van der Waals surface area contributed by atoms with Gasteiger partial charge in [-0.3, -0.25) is 0 Å². The Morgan fingerprint density at radius 2 is 1.86 bits per heavy atom. The van der Waals surface area contributed by atoms with Crippen LogP contribution in [0.2, 0.25) is 0 Å². The van der Waals surface area contributed by atoms with E-state index in [0.717, 1.165) is 6.07 Å². The van der Waals surface area contributed by atoms with Crippen molar-refractivity contribution in [2.45, 2.75) is 12.2 Å². The second kappa shape index (κ2) is 3.98. The van der Waals surface area contributed by atoms with Crippen molar-refractivity contribution in [3.63, 3.8) is 0 Å². The molecule has 1 atom stereocenters. The third-order valence-electron chi connectivity index (χ3n) is 1.86. The Labute approximate surface area is 79.2 Å². The maximum absolute atomic E-state index is 12.4. The first kappa shape index (κ1) is 11.0. The minimum atomic E-state index is -4.43. The standard InChI is InChI=1S/C9H10F3NO/c10-9(11,12)7-4-2-1-3-6(7)8(13)5-14/h1-4,8,14H,5,13H2/t8-/m1/s1. The van der Waals surface area contributed by atoms with E-state index < -0.39 is 24.4 Å². The Balaban J connectivity index is 3.16. The molecule has 0 saturated carbocycles. The van der Waals surface area contributed by atoms with Crippen LogP contribution < -0.4 is 5.73 Å². The Bertz CT molecular complexity index is 311. The number of hydrogen-bond donors (Lipinski definition) is 2. The lowest BCUT2D eigenvalue weighted by atomic mass is 10.0. The van der Waals surface area contributed by atoms with E-state index in [2.05, 4.69) is 0 Å². The van der Waals surface area contributed by atoms with Crippen LogP contribution in [0.1, 0.15) is 17.2 Å². The first-order valence-corrected chi connectivity index (χ1v) is 3.99. The minimum Gasteiger partial charge on any atom is -0.394 e. The SMILES string of the molecule is N[C@H](CO)c1ccccc1C(F)(F)F. The fourth-order valence-corrected chi connectivity index (χ4v) is 1.18. The summed E-state index contributed by atoms with van der Waals surface area (Å²) >= 11 is 0. The fraction of sp³-hybridized carbons (Fsp3) is 0.333. The lowest BCUT2D eigenvalue weighted by Crippen LogP contribution is -2.20. The van der Waals surface area contributed by atoms with Crippen LogP contribution in [-0.4, -0.2) is 11.7 Å². The van der Waals surface area contributed by atoms with Crippen molar-refractivity contribution >= 4 is 0 Å². The molecule has 1 rings (SSSR count). The molecule has 0 aliphatic carbocycles. The van der Waals surface area contributed by atoms with Gasteiger partial charge in [0.2, 0.25) is 0 Å². The van der Waals surface area contributed by atoms with Gasteiger partial charge in [-0.2, -0.15) is 13.2 Å².